The van der Waals surface area contributed by atoms with E-state index in [1.165, 1.54) is 9.60 Å². The molecule has 0 amide bonds. The van der Waals surface area contributed by atoms with Gasteiger partial charge < -0.3 is 9.32 Å². The number of thiazole rings is 1. The zero-order valence-electron chi connectivity index (χ0n) is 13.6. The Hall–Kier alpha value is -2.28. The highest BCUT2D eigenvalue weighted by molar-refractivity contribution is 7.18. The lowest BCUT2D eigenvalue weighted by Crippen LogP contribution is -3.06. The lowest BCUT2D eigenvalue weighted by molar-refractivity contribution is -0.909. The van der Waals surface area contributed by atoms with Crippen molar-refractivity contribution in [2.75, 3.05) is 7.05 Å². The Labute approximate surface area is 153 Å². The van der Waals surface area contributed by atoms with Gasteiger partial charge in [-0.1, -0.05) is 23.7 Å². The maximum absolute atomic E-state index is 5.90. The zero-order valence-corrected chi connectivity index (χ0v) is 15.1. The molecule has 0 aliphatic heterocycles. The Morgan fingerprint density at radius 2 is 1.84 bits per heavy atom. The molecule has 2 heterocycles. The second-order valence-corrected chi connectivity index (χ2v) is 7.45. The number of fused-ring (bicyclic) bond motifs is 1. The lowest BCUT2D eigenvalue weighted by Gasteiger charge is -2.09. The molecule has 1 atom stereocenters. The molecule has 0 fully saturated rings. The minimum absolute atomic E-state index is 0.513. The highest BCUT2D eigenvalue weighted by Crippen LogP contribution is 2.21. The van der Waals surface area contributed by atoms with Crippen LogP contribution in [0.5, 0.6) is 0 Å². The number of quaternary nitrogens is 1. The Balaban J connectivity index is 1.44. The van der Waals surface area contributed by atoms with Gasteiger partial charge in [0.15, 0.2) is 6.54 Å². The van der Waals surface area contributed by atoms with Crippen LogP contribution >= 0.6 is 22.9 Å². The maximum atomic E-state index is 5.90. The Bertz CT molecular complexity index is 963. The second-order valence-electron chi connectivity index (χ2n) is 5.89. The predicted octanol–water partition coefficient (Wildman–Crippen LogP) is 3.21. The number of nitrogens with zero attached hydrogens (tertiary/aromatic N) is 3. The largest absolute Gasteiger partial charge is 0.415 e. The van der Waals surface area contributed by atoms with Crippen LogP contribution in [0.15, 0.2) is 52.9 Å². The molecule has 2 aromatic carbocycles. The number of nitrogens with one attached hydrogen (secondary N) is 1. The first-order valence-corrected chi connectivity index (χ1v) is 9.11. The molecule has 1 N–H and O–H groups in total. The summed E-state index contributed by atoms with van der Waals surface area (Å²) in [4.78, 5) is 5.91. The number of aromatic nitrogens is 3. The van der Waals surface area contributed by atoms with Crippen LogP contribution < -0.4 is 4.90 Å². The first kappa shape index (κ1) is 16.2. The van der Waals surface area contributed by atoms with Gasteiger partial charge in [-0.05, 0) is 36.4 Å². The van der Waals surface area contributed by atoms with Crippen LogP contribution in [0.3, 0.4) is 0 Å². The van der Waals surface area contributed by atoms with Gasteiger partial charge in [-0.25, -0.2) is 4.98 Å². The number of benzene rings is 2. The highest BCUT2D eigenvalue weighted by atomic mass is 35.5. The van der Waals surface area contributed by atoms with Crippen LogP contribution in [0.1, 0.15) is 10.9 Å². The van der Waals surface area contributed by atoms with Crippen molar-refractivity contribution in [3.05, 3.63) is 64.5 Å². The summed E-state index contributed by atoms with van der Waals surface area (Å²) in [7, 11) is 2.10. The molecule has 5 nitrogen and oxygen atoms in total. The number of hydrogen-bond donors (Lipinski definition) is 1. The molecule has 7 heteroatoms. The summed E-state index contributed by atoms with van der Waals surface area (Å²) in [5, 5.41) is 10.1. The summed E-state index contributed by atoms with van der Waals surface area (Å²) in [5.41, 5.74) is 1.92. The van der Waals surface area contributed by atoms with Gasteiger partial charge >= 0.3 is 0 Å². The van der Waals surface area contributed by atoms with Crippen molar-refractivity contribution >= 4 is 33.2 Å². The van der Waals surface area contributed by atoms with E-state index in [0.717, 1.165) is 22.6 Å². The monoisotopic (exact) mass is 371 g/mol. The van der Waals surface area contributed by atoms with Crippen molar-refractivity contribution in [3.8, 4) is 11.5 Å². The molecule has 126 valence electrons. The summed E-state index contributed by atoms with van der Waals surface area (Å²) in [6.07, 6.45) is 0. The lowest BCUT2D eigenvalue weighted by atomic mass is 10.2. The van der Waals surface area contributed by atoms with Crippen LogP contribution in [0.25, 0.3) is 21.7 Å². The van der Waals surface area contributed by atoms with Gasteiger partial charge in [0.2, 0.25) is 5.89 Å². The highest BCUT2D eigenvalue weighted by Gasteiger charge is 2.15. The van der Waals surface area contributed by atoms with Crippen molar-refractivity contribution in [1.29, 1.82) is 0 Å². The average Bonchev–Trinajstić information content (AvgIpc) is 3.21. The molecule has 0 saturated heterocycles. The third kappa shape index (κ3) is 3.71. The van der Waals surface area contributed by atoms with E-state index in [1.807, 2.05) is 42.5 Å². The summed E-state index contributed by atoms with van der Waals surface area (Å²) in [6.45, 7) is 1.47. The van der Waals surface area contributed by atoms with Crippen molar-refractivity contribution in [2.45, 2.75) is 13.1 Å². The summed E-state index contributed by atoms with van der Waals surface area (Å²) < 4.78 is 6.99. The van der Waals surface area contributed by atoms with E-state index >= 15 is 0 Å². The second kappa shape index (κ2) is 6.92. The Kier molecular flexibility index (Phi) is 4.48. The third-order valence-electron chi connectivity index (χ3n) is 3.80. The molecule has 25 heavy (non-hydrogen) atoms. The average molecular weight is 372 g/mol. The van der Waals surface area contributed by atoms with Gasteiger partial charge in [-0.3, -0.25) is 0 Å². The standard InChI is InChI=1S/C18H15ClN4OS/c1-23(11-17-20-14-4-2-3-5-15(14)25-17)10-16-21-22-18(24-16)12-6-8-13(19)9-7-12/h2-9H,10-11H2,1H3/p+1. The normalized spacial score (nSPS) is 12.6. The molecule has 1 unspecified atom stereocenters. The van der Waals surface area contributed by atoms with Crippen LogP contribution in [0.4, 0.5) is 0 Å². The van der Waals surface area contributed by atoms with Crippen LogP contribution in [0.2, 0.25) is 5.02 Å². The fourth-order valence-corrected chi connectivity index (χ4v) is 3.82. The van der Waals surface area contributed by atoms with E-state index in [9.17, 15) is 0 Å². The van der Waals surface area contributed by atoms with Crippen molar-refractivity contribution in [1.82, 2.24) is 15.2 Å². The van der Waals surface area contributed by atoms with Gasteiger partial charge in [-0.2, -0.15) is 0 Å². The summed E-state index contributed by atoms with van der Waals surface area (Å²) in [5.74, 6) is 1.13. The first-order valence-electron chi connectivity index (χ1n) is 7.91. The third-order valence-corrected chi connectivity index (χ3v) is 5.09. The molecule has 0 radical (unpaired) electrons. The van der Waals surface area contributed by atoms with Crippen LogP contribution in [-0.2, 0) is 13.1 Å². The van der Waals surface area contributed by atoms with E-state index < -0.39 is 0 Å². The van der Waals surface area contributed by atoms with Gasteiger partial charge in [0.25, 0.3) is 5.89 Å². The van der Waals surface area contributed by atoms with Gasteiger partial charge in [-0.15, -0.1) is 21.5 Å². The van der Waals surface area contributed by atoms with Gasteiger partial charge in [0.1, 0.15) is 11.6 Å². The molecule has 0 saturated carbocycles. The van der Waals surface area contributed by atoms with E-state index in [4.69, 9.17) is 16.0 Å². The minimum atomic E-state index is 0.513. The van der Waals surface area contributed by atoms with Crippen LogP contribution in [0, 0.1) is 0 Å². The fraction of sp³-hybridized carbons (Fsp3) is 0.167. The Morgan fingerprint density at radius 3 is 2.64 bits per heavy atom. The minimum Gasteiger partial charge on any atom is -0.415 e. The number of halogens is 1. The zero-order chi connectivity index (χ0) is 17.2. The van der Waals surface area contributed by atoms with E-state index in [1.54, 1.807) is 11.3 Å². The van der Waals surface area contributed by atoms with Gasteiger partial charge in [0.05, 0.1) is 17.3 Å². The maximum Gasteiger partial charge on any atom is 0.271 e. The molecule has 4 aromatic rings. The number of hydrogen-bond acceptors (Lipinski definition) is 5. The molecule has 0 bridgehead atoms. The van der Waals surface area contributed by atoms with Crippen LogP contribution in [-0.4, -0.2) is 22.2 Å². The van der Waals surface area contributed by atoms with E-state index in [-0.39, 0.29) is 0 Å². The topological polar surface area (TPSA) is 56.2 Å². The van der Waals surface area contributed by atoms with Crippen molar-refractivity contribution < 1.29 is 9.32 Å². The first-order chi connectivity index (χ1) is 12.2. The van der Waals surface area contributed by atoms with Crippen molar-refractivity contribution in [2.24, 2.45) is 0 Å². The Morgan fingerprint density at radius 1 is 1.04 bits per heavy atom. The van der Waals surface area contributed by atoms with E-state index in [2.05, 4.69) is 28.3 Å². The smallest absolute Gasteiger partial charge is 0.271 e. The predicted molar refractivity (Wildman–Crippen MR) is 98.7 cm³/mol. The molecule has 0 spiro atoms. The number of rotatable bonds is 5. The molecular weight excluding hydrogens is 356 g/mol. The summed E-state index contributed by atoms with van der Waals surface area (Å²) >= 11 is 7.63. The molecule has 0 aliphatic rings. The fourth-order valence-electron chi connectivity index (χ4n) is 2.61. The van der Waals surface area contributed by atoms with E-state index in [0.29, 0.717) is 23.3 Å². The van der Waals surface area contributed by atoms with Gasteiger partial charge in [0, 0.05) is 10.6 Å². The molecular formula is C18H16ClN4OS+. The summed E-state index contributed by atoms with van der Waals surface area (Å²) in [6, 6.07) is 15.6. The molecule has 0 aliphatic carbocycles. The molecule has 2 aromatic heterocycles. The number of para-hydroxylation sites is 1. The quantitative estimate of drug-likeness (QED) is 0.585. The SMILES string of the molecule is C[NH+](Cc1nnc(-c2ccc(Cl)cc2)o1)Cc1nc2ccccc2s1. The molecule has 4 rings (SSSR count). The van der Waals surface area contributed by atoms with Crippen molar-refractivity contribution in [3.63, 3.8) is 0 Å².